The predicted octanol–water partition coefficient (Wildman–Crippen LogP) is 4.78. The zero-order valence-corrected chi connectivity index (χ0v) is 16.0. The molecule has 0 spiro atoms. The van der Waals surface area contributed by atoms with Crippen molar-refractivity contribution < 1.29 is 19.3 Å². The summed E-state index contributed by atoms with van der Waals surface area (Å²) in [5, 5.41) is 8.91. The Morgan fingerprint density at radius 1 is 1.04 bits per heavy atom. The van der Waals surface area contributed by atoms with Crippen LogP contribution in [0.1, 0.15) is 39.2 Å². The van der Waals surface area contributed by atoms with E-state index in [4.69, 9.17) is 19.3 Å². The van der Waals surface area contributed by atoms with E-state index in [0.717, 1.165) is 18.4 Å². The van der Waals surface area contributed by atoms with E-state index in [1.165, 1.54) is 11.1 Å². The number of ether oxygens (including phenoxy) is 3. The second-order valence-corrected chi connectivity index (χ2v) is 6.02. The number of benzene rings is 1. The van der Waals surface area contributed by atoms with E-state index in [9.17, 15) is 0 Å². The maximum absolute atomic E-state index is 8.91. The van der Waals surface area contributed by atoms with E-state index in [1.54, 1.807) is 20.3 Å². The number of aliphatic hydroxyl groups is 1. The minimum absolute atomic E-state index is 0.0142. The van der Waals surface area contributed by atoms with Crippen LogP contribution in [0.15, 0.2) is 41.5 Å². The lowest BCUT2D eigenvalue weighted by molar-refractivity contribution is 0.300. The smallest absolute Gasteiger partial charge is 0.203 e. The molecule has 4 heteroatoms. The summed E-state index contributed by atoms with van der Waals surface area (Å²) in [5.74, 6) is 1.79. The predicted molar refractivity (Wildman–Crippen MR) is 104 cm³/mol. The lowest BCUT2D eigenvalue weighted by Gasteiger charge is -2.14. The van der Waals surface area contributed by atoms with Crippen LogP contribution in [0, 0.1) is 0 Å². The fourth-order valence-electron chi connectivity index (χ4n) is 2.29. The zero-order valence-electron chi connectivity index (χ0n) is 16.0. The number of aliphatic hydroxyl groups excluding tert-OH is 1. The summed E-state index contributed by atoms with van der Waals surface area (Å²) in [7, 11) is 3.20. The quantitative estimate of drug-likeness (QED) is 0.619. The van der Waals surface area contributed by atoms with E-state index < -0.39 is 0 Å². The average molecular weight is 346 g/mol. The highest BCUT2D eigenvalue weighted by Gasteiger charge is 2.13. The Labute approximate surface area is 151 Å². The number of rotatable bonds is 10. The van der Waals surface area contributed by atoms with Crippen LogP contribution in [0.4, 0.5) is 0 Å². The first-order chi connectivity index (χ1) is 12.0. The fraction of sp³-hybridized carbons (Fsp3) is 0.429. The Kier molecular flexibility index (Phi) is 9.48. The molecular formula is C21H30O4. The second kappa shape index (κ2) is 11.4. The third kappa shape index (κ3) is 7.48. The van der Waals surface area contributed by atoms with Gasteiger partial charge in [0.05, 0.1) is 20.8 Å². The molecule has 0 unspecified atom stereocenters. The molecule has 1 rings (SSSR count). The van der Waals surface area contributed by atoms with Crippen molar-refractivity contribution in [2.45, 2.75) is 33.6 Å². The van der Waals surface area contributed by atoms with Gasteiger partial charge < -0.3 is 19.3 Å². The van der Waals surface area contributed by atoms with Gasteiger partial charge >= 0.3 is 0 Å². The molecule has 138 valence electrons. The van der Waals surface area contributed by atoms with E-state index in [0.29, 0.717) is 23.9 Å². The molecule has 4 nitrogen and oxygen atoms in total. The lowest BCUT2D eigenvalue weighted by Crippen LogP contribution is -2.01. The maximum Gasteiger partial charge on any atom is 0.203 e. The number of methoxy groups -OCH3 is 2. The average Bonchev–Trinajstić information content (AvgIpc) is 2.59. The fourth-order valence-corrected chi connectivity index (χ4v) is 2.29. The molecule has 1 N–H and O–H groups in total. The monoisotopic (exact) mass is 346 g/mol. The Hall–Kier alpha value is -2.20. The first-order valence-corrected chi connectivity index (χ1v) is 8.47. The minimum Gasteiger partial charge on any atom is -0.493 e. The van der Waals surface area contributed by atoms with Gasteiger partial charge in [0.1, 0.15) is 6.61 Å². The Morgan fingerprint density at radius 3 is 2.20 bits per heavy atom. The third-order valence-corrected chi connectivity index (χ3v) is 3.65. The molecule has 0 aromatic heterocycles. The Morgan fingerprint density at radius 2 is 1.68 bits per heavy atom. The van der Waals surface area contributed by atoms with E-state index in [1.807, 2.05) is 18.2 Å². The molecule has 0 atom stereocenters. The van der Waals surface area contributed by atoms with Crippen molar-refractivity contribution in [2.75, 3.05) is 27.4 Å². The number of hydrogen-bond acceptors (Lipinski definition) is 4. The van der Waals surface area contributed by atoms with Gasteiger partial charge in [0, 0.05) is 0 Å². The Balaban J connectivity index is 2.83. The zero-order chi connectivity index (χ0) is 18.7. The third-order valence-electron chi connectivity index (χ3n) is 3.65. The van der Waals surface area contributed by atoms with Crippen LogP contribution in [0.3, 0.4) is 0 Å². The molecule has 25 heavy (non-hydrogen) atoms. The van der Waals surface area contributed by atoms with Gasteiger partial charge in [0.15, 0.2) is 11.5 Å². The maximum atomic E-state index is 8.91. The van der Waals surface area contributed by atoms with E-state index in [-0.39, 0.29) is 6.61 Å². The molecule has 0 saturated heterocycles. The Bertz CT molecular complexity index is 598. The number of allylic oxidation sites excluding steroid dienone is 3. The van der Waals surface area contributed by atoms with Crippen LogP contribution in [0.2, 0.25) is 0 Å². The molecule has 0 aliphatic carbocycles. The van der Waals surface area contributed by atoms with E-state index in [2.05, 4.69) is 32.9 Å². The van der Waals surface area contributed by atoms with Crippen LogP contribution in [-0.2, 0) is 0 Å². The van der Waals surface area contributed by atoms with Gasteiger partial charge in [-0.2, -0.15) is 0 Å². The molecule has 0 heterocycles. The van der Waals surface area contributed by atoms with Gasteiger partial charge in [-0.05, 0) is 57.4 Å². The van der Waals surface area contributed by atoms with Gasteiger partial charge in [-0.1, -0.05) is 29.4 Å². The van der Waals surface area contributed by atoms with Gasteiger partial charge in [0.25, 0.3) is 0 Å². The highest BCUT2D eigenvalue weighted by Crippen LogP contribution is 2.39. The molecule has 0 saturated carbocycles. The standard InChI is InChI=1S/C21H30O4/c1-16(2)8-6-9-17(3)11-13-25-21-19(23-4)14-18(10-7-12-22)15-20(21)24-5/h7-8,10-11,14-15,22H,6,9,12-13H2,1-5H3/b10-7?,17-11+. The van der Waals surface area contributed by atoms with Crippen LogP contribution in [0.5, 0.6) is 17.2 Å². The molecule has 0 amide bonds. The van der Waals surface area contributed by atoms with Crippen molar-refractivity contribution >= 4 is 6.08 Å². The first kappa shape index (κ1) is 20.8. The first-order valence-electron chi connectivity index (χ1n) is 8.47. The molecule has 0 aliphatic rings. The molecule has 0 bridgehead atoms. The van der Waals surface area contributed by atoms with Crippen molar-refractivity contribution in [3.05, 3.63) is 47.1 Å². The molecule has 1 aromatic rings. The second-order valence-electron chi connectivity index (χ2n) is 6.02. The van der Waals surface area contributed by atoms with Crippen LogP contribution >= 0.6 is 0 Å². The summed E-state index contributed by atoms with van der Waals surface area (Å²) >= 11 is 0. The van der Waals surface area contributed by atoms with Crippen molar-refractivity contribution in [3.63, 3.8) is 0 Å². The minimum atomic E-state index is -0.0142. The molecule has 1 aromatic carbocycles. The summed E-state index contributed by atoms with van der Waals surface area (Å²) < 4.78 is 16.7. The molecule has 0 fully saturated rings. The van der Waals surface area contributed by atoms with Crippen molar-refractivity contribution in [1.82, 2.24) is 0 Å². The van der Waals surface area contributed by atoms with Gasteiger partial charge in [-0.3, -0.25) is 0 Å². The molecular weight excluding hydrogens is 316 g/mol. The van der Waals surface area contributed by atoms with Gasteiger partial charge in [-0.15, -0.1) is 0 Å². The summed E-state index contributed by atoms with van der Waals surface area (Å²) in [6, 6.07) is 3.71. The highest BCUT2D eigenvalue weighted by molar-refractivity contribution is 5.62. The number of hydrogen-bond donors (Lipinski definition) is 1. The molecule has 0 radical (unpaired) electrons. The van der Waals surface area contributed by atoms with Crippen molar-refractivity contribution in [3.8, 4) is 17.2 Å². The normalized spacial score (nSPS) is 11.5. The lowest BCUT2D eigenvalue weighted by atomic mass is 10.1. The highest BCUT2D eigenvalue weighted by atomic mass is 16.5. The summed E-state index contributed by atoms with van der Waals surface area (Å²) in [6.07, 6.45) is 9.85. The summed E-state index contributed by atoms with van der Waals surface area (Å²) in [6.45, 7) is 6.78. The van der Waals surface area contributed by atoms with Gasteiger partial charge in [0.2, 0.25) is 5.75 Å². The summed E-state index contributed by atoms with van der Waals surface area (Å²) in [4.78, 5) is 0. The SMILES string of the molecule is COc1cc(C=CCO)cc(OC)c1OC/C=C(\C)CCC=C(C)C. The largest absolute Gasteiger partial charge is 0.493 e. The van der Waals surface area contributed by atoms with Crippen LogP contribution in [0.25, 0.3) is 6.08 Å². The van der Waals surface area contributed by atoms with Gasteiger partial charge in [-0.25, -0.2) is 0 Å². The van der Waals surface area contributed by atoms with Crippen molar-refractivity contribution in [1.29, 1.82) is 0 Å². The molecule has 0 aliphatic heterocycles. The van der Waals surface area contributed by atoms with Crippen LogP contribution in [-0.4, -0.2) is 32.5 Å². The van der Waals surface area contributed by atoms with E-state index >= 15 is 0 Å². The topological polar surface area (TPSA) is 47.9 Å². The van der Waals surface area contributed by atoms with Crippen molar-refractivity contribution in [2.24, 2.45) is 0 Å². The van der Waals surface area contributed by atoms with Crippen LogP contribution < -0.4 is 14.2 Å². The summed E-state index contributed by atoms with van der Waals surface area (Å²) in [5.41, 5.74) is 3.51.